The molecule has 0 radical (unpaired) electrons. The molecule has 0 N–H and O–H groups in total. The Labute approximate surface area is 349 Å². The van der Waals surface area contributed by atoms with E-state index in [9.17, 15) is 0 Å². The normalized spacial score (nSPS) is 11.8. The van der Waals surface area contributed by atoms with Crippen LogP contribution in [0.25, 0.3) is 65.4 Å². The molecule has 0 aliphatic rings. The molecule has 60 heavy (non-hydrogen) atoms. The van der Waals surface area contributed by atoms with Crippen LogP contribution >= 0.6 is 0 Å². The van der Waals surface area contributed by atoms with Crippen molar-refractivity contribution in [1.82, 2.24) is 0 Å². The van der Waals surface area contributed by atoms with Crippen LogP contribution in [-0.4, -0.2) is 0 Å². The largest absolute Gasteiger partial charge is 0.452 e. The first-order valence-corrected chi connectivity index (χ1v) is 20.7. The molecule has 2 heterocycles. The number of hydrogen-bond acceptors (Lipinski definition) is 4. The fraction of sp³-hybridized carbons (Fsp3) is 0.107. The van der Waals surface area contributed by atoms with E-state index in [1.54, 1.807) is 0 Å². The lowest BCUT2D eigenvalue weighted by Crippen LogP contribution is -2.12. The van der Waals surface area contributed by atoms with Gasteiger partial charge in [-0.3, -0.25) is 0 Å². The van der Waals surface area contributed by atoms with Gasteiger partial charge >= 0.3 is 0 Å². The molecule has 0 saturated heterocycles. The van der Waals surface area contributed by atoms with Gasteiger partial charge in [0.1, 0.15) is 11.2 Å². The van der Waals surface area contributed by atoms with Crippen molar-refractivity contribution in [1.29, 1.82) is 0 Å². The Hall–Kier alpha value is -7.30. The molecule has 4 heteroatoms. The van der Waals surface area contributed by atoms with Crippen molar-refractivity contribution in [2.45, 2.75) is 41.5 Å². The summed E-state index contributed by atoms with van der Waals surface area (Å²) in [6.45, 7) is 13.0. The van der Waals surface area contributed by atoms with E-state index in [1.807, 2.05) is 0 Å². The monoisotopic (exact) mass is 776 g/mol. The number of aryl methyl sites for hydroxylation is 6. The Morgan fingerprint density at radius 2 is 0.683 bits per heavy atom. The maximum absolute atomic E-state index is 6.79. The zero-order valence-electron chi connectivity index (χ0n) is 34.7. The highest BCUT2D eigenvalue weighted by molar-refractivity contribution is 6.21. The van der Waals surface area contributed by atoms with Gasteiger partial charge in [-0.15, -0.1) is 0 Å². The fourth-order valence-electron chi connectivity index (χ4n) is 9.32. The van der Waals surface area contributed by atoms with E-state index in [2.05, 4.69) is 209 Å². The van der Waals surface area contributed by atoms with E-state index in [4.69, 9.17) is 8.83 Å². The molecule has 0 unspecified atom stereocenters. The quantitative estimate of drug-likeness (QED) is 0.168. The third-order valence-corrected chi connectivity index (χ3v) is 12.4. The molecule has 9 aromatic carbocycles. The van der Waals surface area contributed by atoms with Gasteiger partial charge in [-0.1, -0.05) is 83.9 Å². The molecule has 0 spiro atoms. The van der Waals surface area contributed by atoms with Gasteiger partial charge in [-0.05, 0) is 170 Å². The van der Waals surface area contributed by atoms with Gasteiger partial charge in [0.15, 0.2) is 11.2 Å². The Kier molecular flexibility index (Phi) is 8.15. The second-order valence-corrected chi connectivity index (χ2v) is 16.6. The van der Waals surface area contributed by atoms with Gasteiger partial charge < -0.3 is 18.6 Å². The van der Waals surface area contributed by atoms with Gasteiger partial charge in [0.2, 0.25) is 0 Å². The number of fused-ring (bicyclic) bond motifs is 9. The summed E-state index contributed by atoms with van der Waals surface area (Å²) in [6.07, 6.45) is 0. The Balaban J connectivity index is 1.04. The molecule has 0 bridgehead atoms. The van der Waals surface area contributed by atoms with Crippen molar-refractivity contribution in [3.8, 4) is 0 Å². The molecule has 4 nitrogen and oxygen atoms in total. The standard InChI is InChI=1S/C56H44N2O2/c1-33-13-19-43(20-14-33)57(53-35(3)9-7-10-36(53)4)45-23-17-39-29-49-47-25-26-48-50-30-40-18-24-46(58(44-21-15-34(2)16-22-44)54-37(5)11-8-12-38(54)6)28-42(40)32-52(50)60-56(48)55(47)59-51(49)31-41(39)27-45/h7-32H,1-6H3. The molecule has 0 saturated carbocycles. The highest BCUT2D eigenvalue weighted by Crippen LogP contribution is 2.45. The van der Waals surface area contributed by atoms with Crippen molar-refractivity contribution in [3.63, 3.8) is 0 Å². The van der Waals surface area contributed by atoms with Crippen LogP contribution in [0.5, 0.6) is 0 Å². The second kappa shape index (κ2) is 13.6. The minimum absolute atomic E-state index is 0.774. The summed E-state index contributed by atoms with van der Waals surface area (Å²) in [4.78, 5) is 4.75. The molecule has 2 aromatic heterocycles. The van der Waals surface area contributed by atoms with Crippen LogP contribution in [-0.2, 0) is 0 Å². The predicted molar refractivity (Wildman–Crippen MR) is 254 cm³/mol. The molecule has 0 fully saturated rings. The average Bonchev–Trinajstić information content (AvgIpc) is 3.80. The van der Waals surface area contributed by atoms with E-state index < -0.39 is 0 Å². The van der Waals surface area contributed by atoms with Crippen molar-refractivity contribution in [2.24, 2.45) is 0 Å². The topological polar surface area (TPSA) is 32.8 Å². The first kappa shape index (κ1) is 35.8. The van der Waals surface area contributed by atoms with Crippen LogP contribution in [0.3, 0.4) is 0 Å². The third kappa shape index (κ3) is 5.74. The highest BCUT2D eigenvalue weighted by Gasteiger charge is 2.21. The SMILES string of the molecule is Cc1ccc(N(c2ccc3cc4c(cc3c2)oc2c4ccc3c4cc5ccc(N(c6ccc(C)cc6)c6c(C)cccc6C)cc5cc4oc32)c2c(C)cccc2C)cc1. The number of benzene rings is 9. The summed E-state index contributed by atoms with van der Waals surface area (Å²) < 4.78 is 13.6. The van der Waals surface area contributed by atoms with Crippen LogP contribution in [0, 0.1) is 41.5 Å². The van der Waals surface area contributed by atoms with E-state index >= 15 is 0 Å². The number of furan rings is 2. The number of hydrogen-bond donors (Lipinski definition) is 0. The van der Waals surface area contributed by atoms with Gasteiger partial charge in [-0.2, -0.15) is 0 Å². The number of nitrogens with zero attached hydrogens (tertiary/aromatic N) is 2. The summed E-state index contributed by atoms with van der Waals surface area (Å²) >= 11 is 0. The first-order chi connectivity index (χ1) is 29.2. The second-order valence-electron chi connectivity index (χ2n) is 16.6. The van der Waals surface area contributed by atoms with Gasteiger partial charge in [0, 0.05) is 44.3 Å². The van der Waals surface area contributed by atoms with Crippen LogP contribution in [0.2, 0.25) is 0 Å². The smallest absolute Gasteiger partial charge is 0.178 e. The van der Waals surface area contributed by atoms with E-state index in [0.717, 1.165) is 88.2 Å². The van der Waals surface area contributed by atoms with Crippen LogP contribution in [0.1, 0.15) is 33.4 Å². The minimum Gasteiger partial charge on any atom is -0.452 e. The van der Waals surface area contributed by atoms with Crippen molar-refractivity contribution >= 4 is 99.5 Å². The molecule has 290 valence electrons. The lowest BCUT2D eigenvalue weighted by Gasteiger charge is -2.29. The lowest BCUT2D eigenvalue weighted by molar-refractivity contribution is 0.634. The van der Waals surface area contributed by atoms with Gasteiger partial charge in [0.25, 0.3) is 0 Å². The molecule has 0 aliphatic heterocycles. The molecule has 0 atom stereocenters. The highest BCUT2D eigenvalue weighted by atomic mass is 16.4. The van der Waals surface area contributed by atoms with E-state index in [-0.39, 0.29) is 0 Å². The molecule has 0 aliphatic carbocycles. The van der Waals surface area contributed by atoms with Crippen LogP contribution < -0.4 is 9.80 Å². The fourth-order valence-corrected chi connectivity index (χ4v) is 9.32. The van der Waals surface area contributed by atoms with E-state index in [1.165, 1.54) is 44.8 Å². The van der Waals surface area contributed by atoms with Crippen molar-refractivity contribution in [2.75, 3.05) is 9.80 Å². The number of anilines is 6. The molecule has 11 aromatic rings. The Morgan fingerprint density at radius 1 is 0.317 bits per heavy atom. The molecular formula is C56H44N2O2. The Bertz CT molecular complexity index is 3220. The summed E-state index contributed by atoms with van der Waals surface area (Å²) in [6, 6.07) is 57.4. The molecular weight excluding hydrogens is 733 g/mol. The van der Waals surface area contributed by atoms with Gasteiger partial charge in [0.05, 0.1) is 11.4 Å². The maximum Gasteiger partial charge on any atom is 0.178 e. The summed E-state index contributed by atoms with van der Waals surface area (Å²) in [7, 11) is 0. The zero-order chi connectivity index (χ0) is 40.8. The lowest BCUT2D eigenvalue weighted by atomic mass is 10.0. The predicted octanol–water partition coefficient (Wildman–Crippen LogP) is 16.6. The van der Waals surface area contributed by atoms with Crippen LogP contribution in [0.4, 0.5) is 34.1 Å². The van der Waals surface area contributed by atoms with Crippen molar-refractivity contribution in [3.05, 3.63) is 191 Å². The van der Waals surface area contributed by atoms with E-state index in [0.29, 0.717) is 0 Å². The Morgan fingerprint density at radius 3 is 1.07 bits per heavy atom. The first-order valence-electron chi connectivity index (χ1n) is 20.7. The minimum atomic E-state index is 0.774. The summed E-state index contributed by atoms with van der Waals surface area (Å²) in [5.41, 5.74) is 17.5. The third-order valence-electron chi connectivity index (χ3n) is 12.4. The van der Waals surface area contributed by atoms with Crippen LogP contribution in [0.15, 0.2) is 167 Å². The number of para-hydroxylation sites is 2. The van der Waals surface area contributed by atoms with Crippen molar-refractivity contribution < 1.29 is 8.83 Å². The summed E-state index contributed by atoms with van der Waals surface area (Å²) in [5, 5.41) is 8.81. The maximum atomic E-state index is 6.79. The number of rotatable bonds is 6. The average molecular weight is 777 g/mol. The summed E-state index contributed by atoms with van der Waals surface area (Å²) in [5.74, 6) is 0. The molecule has 11 rings (SSSR count). The zero-order valence-corrected chi connectivity index (χ0v) is 34.7. The molecule has 0 amide bonds. The van der Waals surface area contributed by atoms with Gasteiger partial charge in [-0.25, -0.2) is 0 Å².